The van der Waals surface area contributed by atoms with Crippen LogP contribution >= 0.6 is 0 Å². The predicted octanol–water partition coefficient (Wildman–Crippen LogP) is 2.71. The van der Waals surface area contributed by atoms with Gasteiger partial charge in [0.2, 0.25) is 0 Å². The van der Waals surface area contributed by atoms with Crippen molar-refractivity contribution in [2.75, 3.05) is 23.7 Å². The number of rotatable bonds is 7. The van der Waals surface area contributed by atoms with Crippen molar-refractivity contribution < 1.29 is 4.79 Å². The molecule has 0 aliphatic rings. The smallest absolute Gasteiger partial charge is 0.252 e. The number of nitrogens with zero attached hydrogens (tertiary/aromatic N) is 4. The maximum Gasteiger partial charge on any atom is 0.252 e. The lowest BCUT2D eigenvalue weighted by atomic mass is 10.3. The van der Waals surface area contributed by atoms with Gasteiger partial charge in [0.15, 0.2) is 5.82 Å². The van der Waals surface area contributed by atoms with E-state index in [1.54, 1.807) is 12.4 Å². The van der Waals surface area contributed by atoms with Gasteiger partial charge in [-0.25, -0.2) is 0 Å². The molecule has 0 atom stereocenters. The number of hydrogen-bond acceptors (Lipinski definition) is 6. The average Bonchev–Trinajstić information content (AvgIpc) is 3.17. The Bertz CT molecular complexity index is 1030. The van der Waals surface area contributed by atoms with Crippen LogP contribution in [0.1, 0.15) is 10.4 Å². The molecule has 0 radical (unpaired) electrons. The van der Waals surface area contributed by atoms with Gasteiger partial charge in [-0.1, -0.05) is 6.07 Å². The van der Waals surface area contributed by atoms with E-state index in [9.17, 15) is 4.79 Å². The fourth-order valence-corrected chi connectivity index (χ4v) is 2.72. The molecule has 4 aromatic rings. The van der Waals surface area contributed by atoms with Crippen molar-refractivity contribution >= 4 is 28.7 Å². The molecule has 4 aromatic heterocycles. The summed E-state index contributed by atoms with van der Waals surface area (Å²) in [6, 6.07) is 15.1. The molecular weight excluding hydrogens is 354 g/mol. The molecule has 0 aliphatic carbocycles. The van der Waals surface area contributed by atoms with Crippen LogP contribution in [0.5, 0.6) is 0 Å². The summed E-state index contributed by atoms with van der Waals surface area (Å²) >= 11 is 0. The monoisotopic (exact) mass is 373 g/mol. The number of fused-ring (bicyclic) bond motifs is 1. The van der Waals surface area contributed by atoms with Gasteiger partial charge in [-0.3, -0.25) is 9.78 Å². The van der Waals surface area contributed by atoms with Crippen LogP contribution in [0.4, 0.5) is 17.3 Å². The Morgan fingerprint density at radius 1 is 0.964 bits per heavy atom. The summed E-state index contributed by atoms with van der Waals surface area (Å²) in [6.45, 7) is 1.02. The second-order valence-corrected chi connectivity index (χ2v) is 6.11. The second kappa shape index (κ2) is 8.17. The van der Waals surface area contributed by atoms with Crippen LogP contribution in [0, 0.1) is 0 Å². The molecule has 140 valence electrons. The number of anilines is 3. The van der Waals surface area contributed by atoms with E-state index in [1.165, 1.54) is 0 Å². The first kappa shape index (κ1) is 17.5. The van der Waals surface area contributed by atoms with Crippen LogP contribution in [0.25, 0.3) is 5.52 Å². The molecule has 0 bridgehead atoms. The summed E-state index contributed by atoms with van der Waals surface area (Å²) in [5, 5.41) is 17.4. The van der Waals surface area contributed by atoms with Crippen molar-refractivity contribution in [3.63, 3.8) is 0 Å². The number of carbonyl (C=O) groups excluding carboxylic acids is 1. The predicted molar refractivity (Wildman–Crippen MR) is 108 cm³/mol. The Labute approximate surface area is 161 Å². The van der Waals surface area contributed by atoms with E-state index in [4.69, 9.17) is 0 Å². The standard InChI is InChI=1S/C20H19N7O/c28-20(15-13-17-3-1-2-12-27(17)14-15)23-11-10-22-18-4-5-19(26-25-18)24-16-6-8-21-9-7-16/h1-9,12-14H,10-11H2,(H,22,25)(H,23,28)(H,21,24,26). The second-order valence-electron chi connectivity index (χ2n) is 6.11. The first-order chi connectivity index (χ1) is 13.8. The summed E-state index contributed by atoms with van der Waals surface area (Å²) in [7, 11) is 0. The third-order valence-corrected chi connectivity index (χ3v) is 4.10. The summed E-state index contributed by atoms with van der Waals surface area (Å²) in [5.74, 6) is 1.18. The van der Waals surface area contributed by atoms with E-state index in [0.717, 1.165) is 11.2 Å². The highest BCUT2D eigenvalue weighted by atomic mass is 16.1. The van der Waals surface area contributed by atoms with Crippen molar-refractivity contribution in [2.24, 2.45) is 0 Å². The summed E-state index contributed by atoms with van der Waals surface area (Å²) in [4.78, 5) is 16.2. The molecule has 3 N–H and O–H groups in total. The van der Waals surface area contributed by atoms with Gasteiger partial charge in [-0.05, 0) is 42.5 Å². The highest BCUT2D eigenvalue weighted by Gasteiger charge is 2.07. The molecule has 8 heteroatoms. The molecule has 0 saturated heterocycles. The van der Waals surface area contributed by atoms with Crippen LogP contribution in [-0.2, 0) is 0 Å². The van der Waals surface area contributed by atoms with Crippen LogP contribution in [-0.4, -0.2) is 38.6 Å². The molecule has 0 aromatic carbocycles. The molecule has 0 aliphatic heterocycles. The minimum atomic E-state index is -0.103. The number of amides is 1. The minimum Gasteiger partial charge on any atom is -0.367 e. The van der Waals surface area contributed by atoms with Crippen molar-refractivity contribution in [2.45, 2.75) is 0 Å². The number of pyridine rings is 2. The van der Waals surface area contributed by atoms with E-state index < -0.39 is 0 Å². The molecule has 4 rings (SSSR count). The molecule has 8 nitrogen and oxygen atoms in total. The SMILES string of the molecule is O=C(NCCNc1ccc(Nc2ccncc2)nn1)c1cc2ccccn2c1. The molecule has 28 heavy (non-hydrogen) atoms. The zero-order valence-electron chi connectivity index (χ0n) is 15.0. The highest BCUT2D eigenvalue weighted by molar-refractivity contribution is 5.95. The highest BCUT2D eigenvalue weighted by Crippen LogP contribution is 2.13. The fraction of sp³-hybridized carbons (Fsp3) is 0.100. The lowest BCUT2D eigenvalue weighted by Crippen LogP contribution is -2.28. The van der Waals surface area contributed by atoms with Crippen molar-refractivity contribution in [1.82, 2.24) is 24.9 Å². The number of aromatic nitrogens is 4. The van der Waals surface area contributed by atoms with Gasteiger partial charge in [0, 0.05) is 49.1 Å². The van der Waals surface area contributed by atoms with Crippen LogP contribution in [0.2, 0.25) is 0 Å². The lowest BCUT2D eigenvalue weighted by molar-refractivity contribution is 0.0955. The van der Waals surface area contributed by atoms with Crippen molar-refractivity contribution in [1.29, 1.82) is 0 Å². The molecule has 1 amide bonds. The first-order valence-electron chi connectivity index (χ1n) is 8.87. The molecule has 4 heterocycles. The topological polar surface area (TPSA) is 96.2 Å². The van der Waals surface area contributed by atoms with Crippen LogP contribution in [0.15, 0.2) is 73.3 Å². The van der Waals surface area contributed by atoms with Gasteiger partial charge in [0.05, 0.1) is 5.56 Å². The van der Waals surface area contributed by atoms with Gasteiger partial charge >= 0.3 is 0 Å². The Balaban J connectivity index is 1.24. The molecule has 0 spiro atoms. The molecule has 0 saturated carbocycles. The normalized spacial score (nSPS) is 10.6. The number of hydrogen-bond donors (Lipinski definition) is 3. The van der Waals surface area contributed by atoms with E-state index in [-0.39, 0.29) is 5.91 Å². The average molecular weight is 373 g/mol. The Kier molecular flexibility index (Phi) is 5.10. The van der Waals surface area contributed by atoms with E-state index >= 15 is 0 Å². The molecule has 0 fully saturated rings. The third-order valence-electron chi connectivity index (χ3n) is 4.10. The van der Waals surface area contributed by atoms with Crippen LogP contribution < -0.4 is 16.0 Å². The molecular formula is C20H19N7O. The summed E-state index contributed by atoms with van der Waals surface area (Å²) in [5.41, 5.74) is 2.52. The maximum absolute atomic E-state index is 12.3. The van der Waals surface area contributed by atoms with E-state index in [2.05, 4.69) is 31.1 Å². The van der Waals surface area contributed by atoms with Gasteiger partial charge in [-0.2, -0.15) is 0 Å². The largest absolute Gasteiger partial charge is 0.367 e. The first-order valence-corrected chi connectivity index (χ1v) is 8.87. The lowest BCUT2D eigenvalue weighted by Gasteiger charge is -2.08. The summed E-state index contributed by atoms with van der Waals surface area (Å²) < 4.78 is 1.92. The van der Waals surface area contributed by atoms with Gasteiger partial charge < -0.3 is 20.4 Å². The van der Waals surface area contributed by atoms with Crippen molar-refractivity contribution in [3.8, 4) is 0 Å². The third kappa shape index (κ3) is 4.24. The van der Waals surface area contributed by atoms with E-state index in [1.807, 2.05) is 65.3 Å². The fourth-order valence-electron chi connectivity index (χ4n) is 2.72. The zero-order chi connectivity index (χ0) is 19.2. The van der Waals surface area contributed by atoms with Crippen molar-refractivity contribution in [3.05, 3.63) is 78.9 Å². The Morgan fingerprint density at radius 3 is 2.57 bits per heavy atom. The van der Waals surface area contributed by atoms with Gasteiger partial charge in [-0.15, -0.1) is 10.2 Å². The Morgan fingerprint density at radius 2 is 1.79 bits per heavy atom. The quantitative estimate of drug-likeness (QED) is 0.431. The Hall–Kier alpha value is -3.94. The van der Waals surface area contributed by atoms with Crippen LogP contribution in [0.3, 0.4) is 0 Å². The van der Waals surface area contributed by atoms with E-state index in [0.29, 0.717) is 30.3 Å². The minimum absolute atomic E-state index is 0.103. The maximum atomic E-state index is 12.3. The number of nitrogens with one attached hydrogen (secondary N) is 3. The zero-order valence-corrected chi connectivity index (χ0v) is 15.0. The van der Waals surface area contributed by atoms with Gasteiger partial charge in [0.1, 0.15) is 5.82 Å². The molecule has 0 unspecified atom stereocenters. The summed E-state index contributed by atoms with van der Waals surface area (Å²) in [6.07, 6.45) is 7.14. The number of carbonyl (C=O) groups is 1. The van der Waals surface area contributed by atoms with Gasteiger partial charge in [0.25, 0.3) is 5.91 Å².